The van der Waals surface area contributed by atoms with E-state index in [9.17, 15) is 18.0 Å². The maximum absolute atomic E-state index is 12.7. The molecule has 2 aliphatic rings. The number of hydrogen-bond acceptors (Lipinski definition) is 5. The molecule has 10 heteroatoms. The molecule has 1 saturated heterocycles. The van der Waals surface area contributed by atoms with Crippen LogP contribution in [0.15, 0.2) is 34.1 Å². The van der Waals surface area contributed by atoms with Crippen LogP contribution in [0.1, 0.15) is 42.2 Å². The lowest BCUT2D eigenvalue weighted by atomic mass is 10.1. The fourth-order valence-corrected chi connectivity index (χ4v) is 4.60. The molecule has 0 spiro atoms. The van der Waals surface area contributed by atoms with Crippen LogP contribution in [0.25, 0.3) is 0 Å². The zero-order chi connectivity index (χ0) is 19.9. The van der Waals surface area contributed by atoms with E-state index in [0.29, 0.717) is 30.2 Å². The van der Waals surface area contributed by atoms with Crippen LogP contribution < -0.4 is 10.3 Å². The summed E-state index contributed by atoms with van der Waals surface area (Å²) in [6.07, 6.45) is -3.17. The molecule has 1 fully saturated rings. The maximum Gasteiger partial charge on any atom is 0.573 e. The number of nitrogens with zero attached hydrogens (tertiary/aromatic N) is 2. The zero-order valence-electron chi connectivity index (χ0n) is 15.0. The summed E-state index contributed by atoms with van der Waals surface area (Å²) in [5.74, 6) is 0.296. The molecule has 1 aromatic carbocycles. The fraction of sp³-hybridized carbons (Fsp3) is 0.444. The van der Waals surface area contributed by atoms with Crippen LogP contribution in [0, 0.1) is 0 Å². The minimum Gasteiger partial charge on any atom is -0.406 e. The number of alkyl halides is 3. The first-order valence-electron chi connectivity index (χ1n) is 8.81. The van der Waals surface area contributed by atoms with Gasteiger partial charge in [0.2, 0.25) is 0 Å². The van der Waals surface area contributed by atoms with E-state index in [0.717, 1.165) is 17.9 Å². The molecule has 150 valence electrons. The summed E-state index contributed by atoms with van der Waals surface area (Å²) in [7, 11) is 0. The highest BCUT2D eigenvalue weighted by Crippen LogP contribution is 2.45. The van der Waals surface area contributed by atoms with E-state index in [1.807, 2.05) is 11.6 Å². The number of aromatic amines is 1. The summed E-state index contributed by atoms with van der Waals surface area (Å²) in [6.45, 7) is 3.11. The Labute approximate surface area is 162 Å². The number of rotatable bonds is 3. The molecule has 2 aliphatic heterocycles. The highest BCUT2D eigenvalue weighted by atomic mass is 32.2. The van der Waals surface area contributed by atoms with Gasteiger partial charge in [-0.05, 0) is 37.5 Å². The molecule has 0 amide bonds. The number of H-pyrrole nitrogens is 1. The number of hydrogen-bond donors (Lipinski definition) is 1. The molecule has 4 rings (SSSR count). The molecule has 1 unspecified atom stereocenters. The number of ether oxygens (including phenoxy) is 2. The molecular formula is C18H18F3N3O3S. The van der Waals surface area contributed by atoms with E-state index in [1.165, 1.54) is 23.9 Å². The van der Waals surface area contributed by atoms with E-state index >= 15 is 0 Å². The summed E-state index contributed by atoms with van der Waals surface area (Å²) < 4.78 is 48.3. The summed E-state index contributed by atoms with van der Waals surface area (Å²) in [5, 5.41) is 3.33. The topological polar surface area (TPSA) is 68.6 Å². The van der Waals surface area contributed by atoms with E-state index in [4.69, 9.17) is 4.74 Å². The minimum absolute atomic E-state index is 0.105. The Morgan fingerprint density at radius 1 is 1.25 bits per heavy atom. The first-order valence-corrected chi connectivity index (χ1v) is 9.69. The van der Waals surface area contributed by atoms with Gasteiger partial charge in [-0.15, -0.1) is 13.2 Å². The third-order valence-corrected chi connectivity index (χ3v) is 5.90. The third-order valence-electron chi connectivity index (χ3n) is 4.72. The molecule has 1 aromatic heterocycles. The largest absolute Gasteiger partial charge is 0.573 e. The van der Waals surface area contributed by atoms with Crippen LogP contribution in [0.3, 0.4) is 0 Å². The van der Waals surface area contributed by atoms with E-state index in [2.05, 4.69) is 14.8 Å². The van der Waals surface area contributed by atoms with Crippen LogP contribution in [-0.2, 0) is 4.74 Å². The van der Waals surface area contributed by atoms with Crippen molar-refractivity contribution in [1.82, 2.24) is 9.78 Å². The van der Waals surface area contributed by atoms with Crippen molar-refractivity contribution in [2.75, 3.05) is 13.2 Å². The summed E-state index contributed by atoms with van der Waals surface area (Å²) >= 11 is 1.40. The van der Waals surface area contributed by atoms with Crippen LogP contribution in [0.4, 0.5) is 19.0 Å². The van der Waals surface area contributed by atoms with Gasteiger partial charge in [0.05, 0.1) is 21.9 Å². The predicted molar refractivity (Wildman–Crippen MR) is 99.5 cm³/mol. The van der Waals surface area contributed by atoms with E-state index in [-0.39, 0.29) is 22.6 Å². The zero-order valence-corrected chi connectivity index (χ0v) is 15.8. The Hall–Kier alpha value is -2.20. The maximum atomic E-state index is 12.7. The summed E-state index contributed by atoms with van der Waals surface area (Å²) in [4.78, 5) is 17.3. The molecule has 1 atom stereocenters. The number of fused-ring (bicyclic) bond motifs is 1. The Morgan fingerprint density at radius 3 is 2.57 bits per heavy atom. The highest BCUT2D eigenvalue weighted by Gasteiger charge is 2.33. The Kier molecular flexibility index (Phi) is 5.00. The first kappa shape index (κ1) is 19.1. The van der Waals surface area contributed by atoms with Gasteiger partial charge in [0, 0.05) is 13.2 Å². The normalized spacial score (nSPS) is 20.6. The van der Waals surface area contributed by atoms with Crippen molar-refractivity contribution in [2.24, 2.45) is 4.99 Å². The van der Waals surface area contributed by atoms with Gasteiger partial charge in [-0.3, -0.25) is 14.6 Å². The number of aliphatic imine (C=N–C) groups is 1. The second kappa shape index (κ2) is 7.32. The molecule has 0 saturated carbocycles. The Morgan fingerprint density at radius 2 is 1.93 bits per heavy atom. The predicted octanol–water partition coefficient (Wildman–Crippen LogP) is 4.31. The molecule has 0 aliphatic carbocycles. The monoisotopic (exact) mass is 413 g/mol. The van der Waals surface area contributed by atoms with Crippen molar-refractivity contribution in [2.45, 2.75) is 37.4 Å². The van der Waals surface area contributed by atoms with Crippen LogP contribution in [0.2, 0.25) is 0 Å². The lowest BCUT2D eigenvalue weighted by Gasteiger charge is -2.26. The molecule has 28 heavy (non-hydrogen) atoms. The average molecular weight is 413 g/mol. The van der Waals surface area contributed by atoms with E-state index < -0.39 is 6.36 Å². The van der Waals surface area contributed by atoms with E-state index in [1.54, 1.807) is 12.1 Å². The first-order chi connectivity index (χ1) is 13.3. The number of nitrogens with one attached hydrogen (secondary N) is 1. The minimum atomic E-state index is -4.74. The van der Waals surface area contributed by atoms with Crippen LogP contribution >= 0.6 is 11.8 Å². The van der Waals surface area contributed by atoms with Gasteiger partial charge in [-0.25, -0.2) is 4.99 Å². The molecular weight excluding hydrogens is 395 g/mol. The SMILES string of the molecule is CC1=Nc2c(c(=O)[nH]n2C2CCOCC2)C(c2ccc(OC(F)(F)F)cc2)S1. The fourth-order valence-electron chi connectivity index (χ4n) is 3.50. The average Bonchev–Trinajstić information content (AvgIpc) is 2.98. The van der Waals surface area contributed by atoms with Gasteiger partial charge in [0.1, 0.15) is 5.75 Å². The lowest BCUT2D eigenvalue weighted by Crippen LogP contribution is -2.21. The molecule has 6 nitrogen and oxygen atoms in total. The molecule has 1 N–H and O–H groups in total. The van der Waals surface area contributed by atoms with Gasteiger partial charge < -0.3 is 9.47 Å². The smallest absolute Gasteiger partial charge is 0.406 e. The third kappa shape index (κ3) is 3.83. The van der Waals surface area contributed by atoms with Gasteiger partial charge in [-0.1, -0.05) is 23.9 Å². The second-order valence-electron chi connectivity index (χ2n) is 6.64. The second-order valence-corrected chi connectivity index (χ2v) is 7.94. The Balaban J connectivity index is 1.69. The van der Waals surface area contributed by atoms with Crippen molar-refractivity contribution in [1.29, 1.82) is 0 Å². The summed E-state index contributed by atoms with van der Waals surface area (Å²) in [6, 6.07) is 5.72. The van der Waals surface area contributed by atoms with Crippen molar-refractivity contribution < 1.29 is 22.6 Å². The molecule has 0 bridgehead atoms. The van der Waals surface area contributed by atoms with Gasteiger partial charge in [0.15, 0.2) is 5.82 Å². The lowest BCUT2D eigenvalue weighted by molar-refractivity contribution is -0.274. The molecule has 2 aromatic rings. The standard InChI is InChI=1S/C18H18F3N3O3S/c1-10-22-16-14(17(25)23-24(16)12-6-8-26-9-7-12)15(28-10)11-2-4-13(5-3-11)27-18(19,20)21/h2-5,12,15H,6-9H2,1H3,(H,23,25). The highest BCUT2D eigenvalue weighted by molar-refractivity contribution is 8.14. The number of thioether (sulfide) groups is 1. The van der Waals surface area contributed by atoms with Gasteiger partial charge in [-0.2, -0.15) is 0 Å². The van der Waals surface area contributed by atoms with Crippen molar-refractivity contribution in [3.05, 3.63) is 45.7 Å². The number of benzene rings is 1. The number of halogens is 3. The number of aromatic nitrogens is 2. The summed E-state index contributed by atoms with van der Waals surface area (Å²) in [5.41, 5.74) is 1.00. The quantitative estimate of drug-likeness (QED) is 0.814. The molecule has 0 radical (unpaired) electrons. The molecule has 3 heterocycles. The van der Waals surface area contributed by atoms with Gasteiger partial charge in [0.25, 0.3) is 5.56 Å². The van der Waals surface area contributed by atoms with Crippen molar-refractivity contribution in [3.8, 4) is 5.75 Å². The van der Waals surface area contributed by atoms with Crippen molar-refractivity contribution in [3.63, 3.8) is 0 Å². The van der Waals surface area contributed by atoms with Crippen LogP contribution in [-0.4, -0.2) is 34.4 Å². The van der Waals surface area contributed by atoms with Crippen molar-refractivity contribution >= 4 is 22.6 Å². The van der Waals surface area contributed by atoms with Crippen LogP contribution in [0.5, 0.6) is 5.75 Å². The van der Waals surface area contributed by atoms with Gasteiger partial charge >= 0.3 is 6.36 Å². The Bertz CT molecular complexity index is 944.